The van der Waals surface area contributed by atoms with Gasteiger partial charge in [0.1, 0.15) is 18.1 Å². The molecule has 3 nitrogen and oxygen atoms in total. The molecule has 0 aromatic heterocycles. The van der Waals surface area contributed by atoms with E-state index >= 15 is 0 Å². The lowest BCUT2D eigenvalue weighted by atomic mass is 10.1. The first-order chi connectivity index (χ1) is 14.4. The second kappa shape index (κ2) is 10.0. The SMILES string of the molecule is COc1ccc(/C=C/C(=O)c2ccc(Cl)cc2Cl)cc1COc1ccc(Cl)cc1C. The fourth-order valence-corrected chi connectivity index (χ4v) is 3.62. The minimum Gasteiger partial charge on any atom is -0.496 e. The topological polar surface area (TPSA) is 35.5 Å². The Morgan fingerprint density at radius 3 is 2.33 bits per heavy atom. The monoisotopic (exact) mass is 460 g/mol. The van der Waals surface area contributed by atoms with Gasteiger partial charge in [0, 0.05) is 21.2 Å². The van der Waals surface area contributed by atoms with E-state index in [0.29, 0.717) is 33.0 Å². The minimum absolute atomic E-state index is 0.206. The molecule has 0 unspecified atom stereocenters. The predicted molar refractivity (Wildman–Crippen MR) is 123 cm³/mol. The molecule has 30 heavy (non-hydrogen) atoms. The number of methoxy groups -OCH3 is 1. The summed E-state index contributed by atoms with van der Waals surface area (Å²) in [5, 5.41) is 1.46. The molecule has 0 saturated carbocycles. The van der Waals surface area contributed by atoms with Gasteiger partial charge in [0.2, 0.25) is 0 Å². The fourth-order valence-electron chi connectivity index (χ4n) is 2.90. The van der Waals surface area contributed by atoms with Gasteiger partial charge < -0.3 is 9.47 Å². The van der Waals surface area contributed by atoms with Crippen molar-refractivity contribution in [3.63, 3.8) is 0 Å². The van der Waals surface area contributed by atoms with Crippen LogP contribution in [0.5, 0.6) is 11.5 Å². The number of ether oxygens (including phenoxy) is 2. The zero-order valence-corrected chi connectivity index (χ0v) is 18.7. The van der Waals surface area contributed by atoms with Gasteiger partial charge in [-0.3, -0.25) is 4.79 Å². The number of carbonyl (C=O) groups is 1. The van der Waals surface area contributed by atoms with Crippen LogP contribution in [0.4, 0.5) is 0 Å². The zero-order chi connectivity index (χ0) is 21.7. The summed E-state index contributed by atoms with van der Waals surface area (Å²) in [7, 11) is 1.61. The van der Waals surface area contributed by atoms with E-state index in [1.54, 1.807) is 37.5 Å². The summed E-state index contributed by atoms with van der Waals surface area (Å²) >= 11 is 18.0. The second-order valence-electron chi connectivity index (χ2n) is 6.59. The van der Waals surface area contributed by atoms with E-state index in [0.717, 1.165) is 22.4 Å². The first-order valence-corrected chi connectivity index (χ1v) is 10.2. The van der Waals surface area contributed by atoms with E-state index in [2.05, 4.69) is 0 Å². The van der Waals surface area contributed by atoms with Crippen molar-refractivity contribution in [1.82, 2.24) is 0 Å². The lowest BCUT2D eigenvalue weighted by molar-refractivity contribution is 0.104. The average molecular weight is 462 g/mol. The third kappa shape index (κ3) is 5.57. The van der Waals surface area contributed by atoms with E-state index in [1.165, 1.54) is 6.08 Å². The molecule has 6 heteroatoms. The van der Waals surface area contributed by atoms with Gasteiger partial charge in [-0.2, -0.15) is 0 Å². The Hall–Kier alpha value is -2.46. The molecular formula is C24H19Cl3O3. The minimum atomic E-state index is -0.206. The molecule has 3 aromatic carbocycles. The molecule has 0 radical (unpaired) electrons. The van der Waals surface area contributed by atoms with Crippen LogP contribution < -0.4 is 9.47 Å². The van der Waals surface area contributed by atoms with Crippen molar-refractivity contribution in [1.29, 1.82) is 0 Å². The van der Waals surface area contributed by atoms with Gasteiger partial charge in [0.05, 0.1) is 12.1 Å². The molecule has 0 bridgehead atoms. The third-order valence-corrected chi connectivity index (χ3v) is 5.23. The van der Waals surface area contributed by atoms with E-state index in [9.17, 15) is 4.79 Å². The van der Waals surface area contributed by atoms with Crippen LogP contribution in [0.2, 0.25) is 15.1 Å². The van der Waals surface area contributed by atoms with Gasteiger partial charge in [-0.05, 0) is 72.7 Å². The molecule has 0 N–H and O–H groups in total. The number of hydrogen-bond donors (Lipinski definition) is 0. The number of halogens is 3. The molecule has 0 heterocycles. The molecule has 0 aliphatic rings. The summed E-state index contributed by atoms with van der Waals surface area (Å²) in [4.78, 5) is 12.5. The van der Waals surface area contributed by atoms with Crippen molar-refractivity contribution in [2.45, 2.75) is 13.5 Å². The van der Waals surface area contributed by atoms with E-state index < -0.39 is 0 Å². The summed E-state index contributed by atoms with van der Waals surface area (Å²) in [5.41, 5.74) is 3.03. The summed E-state index contributed by atoms with van der Waals surface area (Å²) in [5.74, 6) is 1.24. The molecule has 0 atom stereocenters. The van der Waals surface area contributed by atoms with Crippen LogP contribution in [0.15, 0.2) is 60.7 Å². The Morgan fingerprint density at radius 1 is 0.933 bits per heavy atom. The first kappa shape index (κ1) is 22.2. The quantitative estimate of drug-likeness (QED) is 0.271. The maximum Gasteiger partial charge on any atom is 0.187 e. The van der Waals surface area contributed by atoms with Crippen LogP contribution in [-0.4, -0.2) is 12.9 Å². The molecule has 0 amide bonds. The number of rotatable bonds is 7. The highest BCUT2D eigenvalue weighted by Crippen LogP contribution is 2.27. The standard InChI is InChI=1S/C24H19Cl3O3/c1-15-11-18(25)6-10-23(15)30-14-17-12-16(4-9-24(17)29-2)3-8-22(28)20-7-5-19(26)13-21(20)27/h3-13H,14H2,1-2H3/b8-3+. The Bertz CT molecular complexity index is 1110. The normalized spacial score (nSPS) is 11.0. The predicted octanol–water partition coefficient (Wildman–Crippen LogP) is 7.44. The molecule has 3 aromatic rings. The van der Waals surface area contributed by atoms with Crippen molar-refractivity contribution in [3.05, 3.63) is 98.0 Å². The summed E-state index contributed by atoms with van der Waals surface area (Å²) in [6.45, 7) is 2.25. The molecule has 0 fully saturated rings. The highest BCUT2D eigenvalue weighted by atomic mass is 35.5. The maximum atomic E-state index is 12.5. The molecule has 0 spiro atoms. The van der Waals surface area contributed by atoms with Crippen molar-refractivity contribution >= 4 is 46.7 Å². The average Bonchev–Trinajstić information content (AvgIpc) is 2.71. The Morgan fingerprint density at radius 2 is 1.63 bits per heavy atom. The Balaban J connectivity index is 1.78. The van der Waals surface area contributed by atoms with Crippen LogP contribution in [0, 0.1) is 6.92 Å². The van der Waals surface area contributed by atoms with Crippen LogP contribution in [0.1, 0.15) is 27.0 Å². The van der Waals surface area contributed by atoms with Crippen LogP contribution in [0.25, 0.3) is 6.08 Å². The number of aryl methyl sites for hydroxylation is 1. The number of allylic oxidation sites excluding steroid dienone is 1. The number of ketones is 1. The fraction of sp³-hybridized carbons (Fsp3) is 0.125. The number of benzene rings is 3. The third-order valence-electron chi connectivity index (χ3n) is 4.45. The zero-order valence-electron chi connectivity index (χ0n) is 16.4. The molecule has 154 valence electrons. The Labute approximate surface area is 190 Å². The molecule has 0 aliphatic carbocycles. The number of hydrogen-bond acceptors (Lipinski definition) is 3. The molecule has 0 saturated heterocycles. The van der Waals surface area contributed by atoms with Gasteiger partial charge in [-0.25, -0.2) is 0 Å². The summed E-state index contributed by atoms with van der Waals surface area (Å²) in [6, 6.07) is 15.9. The van der Waals surface area contributed by atoms with Gasteiger partial charge in [-0.1, -0.05) is 46.9 Å². The second-order valence-corrected chi connectivity index (χ2v) is 7.87. The van der Waals surface area contributed by atoms with Crippen LogP contribution in [0.3, 0.4) is 0 Å². The molecule has 0 aliphatic heterocycles. The van der Waals surface area contributed by atoms with Crippen molar-refractivity contribution < 1.29 is 14.3 Å². The molecular weight excluding hydrogens is 443 g/mol. The van der Waals surface area contributed by atoms with E-state index in [1.807, 2.05) is 37.3 Å². The van der Waals surface area contributed by atoms with Crippen molar-refractivity contribution in [2.75, 3.05) is 7.11 Å². The smallest absolute Gasteiger partial charge is 0.187 e. The van der Waals surface area contributed by atoms with Gasteiger partial charge in [0.15, 0.2) is 5.78 Å². The lowest BCUT2D eigenvalue weighted by Crippen LogP contribution is -2.00. The maximum absolute atomic E-state index is 12.5. The molecule has 3 rings (SSSR count). The van der Waals surface area contributed by atoms with Gasteiger partial charge in [0.25, 0.3) is 0 Å². The lowest BCUT2D eigenvalue weighted by Gasteiger charge is -2.13. The van der Waals surface area contributed by atoms with E-state index in [4.69, 9.17) is 44.3 Å². The largest absolute Gasteiger partial charge is 0.496 e. The van der Waals surface area contributed by atoms with E-state index in [-0.39, 0.29) is 5.78 Å². The summed E-state index contributed by atoms with van der Waals surface area (Å²) in [6.07, 6.45) is 3.20. The van der Waals surface area contributed by atoms with Crippen LogP contribution >= 0.6 is 34.8 Å². The van der Waals surface area contributed by atoms with Crippen molar-refractivity contribution in [2.24, 2.45) is 0 Å². The van der Waals surface area contributed by atoms with Gasteiger partial charge >= 0.3 is 0 Å². The summed E-state index contributed by atoms with van der Waals surface area (Å²) < 4.78 is 11.4. The van der Waals surface area contributed by atoms with Gasteiger partial charge in [-0.15, -0.1) is 0 Å². The highest BCUT2D eigenvalue weighted by Gasteiger charge is 2.09. The van der Waals surface area contributed by atoms with Crippen molar-refractivity contribution in [3.8, 4) is 11.5 Å². The Kier molecular flexibility index (Phi) is 7.43. The number of carbonyl (C=O) groups excluding carboxylic acids is 1. The van der Waals surface area contributed by atoms with Crippen LogP contribution in [-0.2, 0) is 6.61 Å². The first-order valence-electron chi connectivity index (χ1n) is 9.10. The highest BCUT2D eigenvalue weighted by molar-refractivity contribution is 6.37.